The van der Waals surface area contributed by atoms with Gasteiger partial charge in [-0.25, -0.2) is 9.97 Å². The van der Waals surface area contributed by atoms with Gasteiger partial charge in [0, 0.05) is 10.8 Å². The van der Waals surface area contributed by atoms with Gasteiger partial charge >= 0.3 is 0 Å². The number of aromatic nitrogens is 4. The summed E-state index contributed by atoms with van der Waals surface area (Å²) in [5.74, 6) is 0.797. The third kappa shape index (κ3) is 2.58. The van der Waals surface area contributed by atoms with Crippen LogP contribution in [0.1, 0.15) is 59.6 Å². The average Bonchev–Trinajstić information content (AvgIpc) is 3.04. The summed E-state index contributed by atoms with van der Waals surface area (Å²) in [6, 6.07) is 0. The van der Waals surface area contributed by atoms with Crippen molar-refractivity contribution < 1.29 is 4.79 Å². The van der Waals surface area contributed by atoms with Crippen molar-refractivity contribution in [2.75, 3.05) is 5.32 Å². The van der Waals surface area contributed by atoms with Crippen LogP contribution in [0.2, 0.25) is 0 Å². The first-order valence-corrected chi connectivity index (χ1v) is 7.67. The summed E-state index contributed by atoms with van der Waals surface area (Å²) >= 11 is 1.56. The number of aryl methyl sites for hydroxylation is 2. The number of nitrogens with one attached hydrogen (secondary N) is 2. The van der Waals surface area contributed by atoms with Crippen molar-refractivity contribution in [3.05, 3.63) is 22.2 Å². The number of carbonyl (C=O) groups excluding carboxylic acids is 1. The number of hydrogen-bond donors (Lipinski definition) is 2. The van der Waals surface area contributed by atoms with Crippen LogP contribution in [0.25, 0.3) is 0 Å². The van der Waals surface area contributed by atoms with Crippen molar-refractivity contribution in [2.24, 2.45) is 0 Å². The van der Waals surface area contributed by atoms with Crippen LogP contribution in [0.4, 0.5) is 5.13 Å². The lowest BCUT2D eigenvalue weighted by molar-refractivity contribution is 0.101. The summed E-state index contributed by atoms with van der Waals surface area (Å²) in [5.41, 5.74) is 1.13. The molecule has 2 N–H and O–H groups in total. The highest BCUT2D eigenvalue weighted by atomic mass is 32.1. The molecule has 0 atom stereocenters. The van der Waals surface area contributed by atoms with E-state index in [9.17, 15) is 4.79 Å². The van der Waals surface area contributed by atoms with Gasteiger partial charge in [0.15, 0.2) is 5.13 Å². The highest BCUT2D eigenvalue weighted by Crippen LogP contribution is 2.29. The van der Waals surface area contributed by atoms with Crippen molar-refractivity contribution in [1.29, 1.82) is 0 Å². The standard InChI is InChI=1S/C13H17N5OS/c1-7(2)10-15-11(18-17-10)12(19)16-13-14-8-5-3-4-6-9(8)20-13/h7H,3-6H2,1-2H3,(H,14,16,19)(H,15,17,18). The summed E-state index contributed by atoms with van der Waals surface area (Å²) in [6.45, 7) is 3.99. The number of aromatic amines is 1. The fourth-order valence-electron chi connectivity index (χ4n) is 2.19. The van der Waals surface area contributed by atoms with E-state index in [1.807, 2.05) is 13.8 Å². The molecule has 0 fully saturated rings. The molecule has 0 radical (unpaired) electrons. The van der Waals surface area contributed by atoms with Crippen LogP contribution < -0.4 is 5.32 Å². The molecule has 1 aliphatic rings. The van der Waals surface area contributed by atoms with Crippen LogP contribution >= 0.6 is 11.3 Å². The first kappa shape index (κ1) is 13.2. The molecule has 2 aromatic heterocycles. The Morgan fingerprint density at radius 1 is 1.30 bits per heavy atom. The second kappa shape index (κ2) is 5.32. The molecule has 2 heterocycles. The molecule has 0 aliphatic heterocycles. The lowest BCUT2D eigenvalue weighted by Crippen LogP contribution is -2.13. The molecular weight excluding hydrogens is 274 g/mol. The van der Waals surface area contributed by atoms with Crippen LogP contribution in [-0.4, -0.2) is 26.1 Å². The van der Waals surface area contributed by atoms with Gasteiger partial charge < -0.3 is 0 Å². The number of rotatable bonds is 3. The number of amides is 1. The summed E-state index contributed by atoms with van der Waals surface area (Å²) in [4.78, 5) is 22.0. The molecule has 0 saturated carbocycles. The number of fused-ring (bicyclic) bond motifs is 1. The van der Waals surface area contributed by atoms with E-state index < -0.39 is 0 Å². The molecule has 0 spiro atoms. The fraction of sp³-hybridized carbons (Fsp3) is 0.538. The van der Waals surface area contributed by atoms with Crippen LogP contribution in [0, 0.1) is 0 Å². The molecule has 0 bridgehead atoms. The van der Waals surface area contributed by atoms with Gasteiger partial charge in [-0.15, -0.1) is 16.4 Å². The Morgan fingerprint density at radius 3 is 2.80 bits per heavy atom. The zero-order chi connectivity index (χ0) is 14.1. The van der Waals surface area contributed by atoms with E-state index in [1.165, 1.54) is 17.7 Å². The minimum absolute atomic E-state index is 0.168. The topological polar surface area (TPSA) is 83.6 Å². The number of carbonyl (C=O) groups is 1. The third-order valence-corrected chi connectivity index (χ3v) is 4.39. The Kier molecular flexibility index (Phi) is 3.52. The van der Waals surface area contributed by atoms with E-state index in [2.05, 4.69) is 25.5 Å². The molecule has 1 aliphatic carbocycles. The molecule has 106 valence electrons. The maximum Gasteiger partial charge on any atom is 0.297 e. The Morgan fingerprint density at radius 2 is 2.10 bits per heavy atom. The fourth-order valence-corrected chi connectivity index (χ4v) is 3.24. The first-order chi connectivity index (χ1) is 9.63. The molecule has 6 nitrogen and oxygen atoms in total. The van der Waals surface area contributed by atoms with Crippen molar-refractivity contribution in [3.63, 3.8) is 0 Å². The summed E-state index contributed by atoms with van der Waals surface area (Å²) < 4.78 is 0. The Balaban J connectivity index is 1.73. The summed E-state index contributed by atoms with van der Waals surface area (Å²) in [7, 11) is 0. The number of thiazole rings is 1. The minimum Gasteiger partial charge on any atom is -0.295 e. The lowest BCUT2D eigenvalue weighted by Gasteiger charge is -2.06. The van der Waals surface area contributed by atoms with Crippen molar-refractivity contribution in [3.8, 4) is 0 Å². The number of anilines is 1. The zero-order valence-corrected chi connectivity index (χ0v) is 12.4. The van der Waals surface area contributed by atoms with Gasteiger partial charge in [0.2, 0.25) is 5.82 Å². The normalized spacial score (nSPS) is 14.3. The van der Waals surface area contributed by atoms with Crippen molar-refractivity contribution >= 4 is 22.4 Å². The molecule has 0 unspecified atom stereocenters. The maximum atomic E-state index is 12.1. The van der Waals surface area contributed by atoms with E-state index in [0.717, 1.165) is 18.5 Å². The van der Waals surface area contributed by atoms with Gasteiger partial charge in [-0.3, -0.25) is 15.2 Å². The first-order valence-electron chi connectivity index (χ1n) is 6.85. The second-order valence-corrected chi connectivity index (χ2v) is 6.33. The molecule has 0 saturated heterocycles. The van der Waals surface area contributed by atoms with E-state index in [0.29, 0.717) is 11.0 Å². The summed E-state index contributed by atoms with van der Waals surface area (Å²) in [5, 5.41) is 10.2. The largest absolute Gasteiger partial charge is 0.297 e. The number of hydrogen-bond acceptors (Lipinski definition) is 5. The van der Waals surface area contributed by atoms with Crippen LogP contribution in [0.5, 0.6) is 0 Å². The molecular formula is C13H17N5OS. The molecule has 2 aromatic rings. The predicted molar refractivity (Wildman–Crippen MR) is 77.2 cm³/mol. The molecule has 3 rings (SSSR count). The third-order valence-electron chi connectivity index (χ3n) is 3.32. The van der Waals surface area contributed by atoms with Gasteiger partial charge in [-0.1, -0.05) is 13.8 Å². The number of nitrogens with zero attached hydrogens (tertiary/aromatic N) is 3. The van der Waals surface area contributed by atoms with Crippen molar-refractivity contribution in [2.45, 2.75) is 45.4 Å². The zero-order valence-electron chi connectivity index (χ0n) is 11.6. The van der Waals surface area contributed by atoms with Gasteiger partial charge in [0.1, 0.15) is 5.82 Å². The smallest absolute Gasteiger partial charge is 0.295 e. The van der Waals surface area contributed by atoms with Crippen LogP contribution in [0.15, 0.2) is 0 Å². The average molecular weight is 291 g/mol. The Labute approximate surface area is 121 Å². The summed E-state index contributed by atoms with van der Waals surface area (Å²) in [6.07, 6.45) is 4.48. The van der Waals surface area contributed by atoms with E-state index in [4.69, 9.17) is 0 Å². The molecule has 20 heavy (non-hydrogen) atoms. The van der Waals surface area contributed by atoms with Crippen LogP contribution in [0.3, 0.4) is 0 Å². The second-order valence-electron chi connectivity index (χ2n) is 5.25. The molecule has 7 heteroatoms. The minimum atomic E-state index is -0.306. The Bertz CT molecular complexity index is 607. The predicted octanol–water partition coefficient (Wildman–Crippen LogP) is 2.52. The van der Waals surface area contributed by atoms with E-state index >= 15 is 0 Å². The highest BCUT2D eigenvalue weighted by Gasteiger charge is 2.19. The molecule has 0 aromatic carbocycles. The van der Waals surface area contributed by atoms with Crippen LogP contribution in [-0.2, 0) is 12.8 Å². The monoisotopic (exact) mass is 291 g/mol. The SMILES string of the molecule is CC(C)c1nc(C(=O)Nc2nc3c(s2)CCCC3)n[nH]1. The van der Waals surface area contributed by atoms with Crippen molar-refractivity contribution in [1.82, 2.24) is 20.2 Å². The quantitative estimate of drug-likeness (QED) is 0.910. The lowest BCUT2D eigenvalue weighted by atomic mass is 10.0. The maximum absolute atomic E-state index is 12.1. The van der Waals surface area contributed by atoms with E-state index in [-0.39, 0.29) is 17.6 Å². The number of H-pyrrole nitrogens is 1. The van der Waals surface area contributed by atoms with Gasteiger partial charge in [0.05, 0.1) is 5.69 Å². The Hall–Kier alpha value is -1.76. The highest BCUT2D eigenvalue weighted by molar-refractivity contribution is 7.15. The van der Waals surface area contributed by atoms with E-state index in [1.54, 1.807) is 11.3 Å². The van der Waals surface area contributed by atoms with Gasteiger partial charge in [0.25, 0.3) is 5.91 Å². The van der Waals surface area contributed by atoms with Gasteiger partial charge in [-0.05, 0) is 25.7 Å². The van der Waals surface area contributed by atoms with Gasteiger partial charge in [-0.2, -0.15) is 0 Å². The molecule has 1 amide bonds.